The van der Waals surface area contributed by atoms with Gasteiger partial charge in [-0.3, -0.25) is 9.59 Å². The molecule has 28 heavy (non-hydrogen) atoms. The van der Waals surface area contributed by atoms with Crippen LogP contribution in [0.25, 0.3) is 5.69 Å². The minimum atomic E-state index is -4.64. The van der Waals surface area contributed by atoms with Crippen molar-refractivity contribution in [2.24, 2.45) is 5.41 Å². The molecule has 0 unspecified atom stereocenters. The van der Waals surface area contributed by atoms with Crippen molar-refractivity contribution in [3.8, 4) is 5.69 Å². The molecular weight excluding hydrogens is 377 g/mol. The van der Waals surface area contributed by atoms with E-state index in [9.17, 15) is 27.6 Å². The molecule has 6 nitrogen and oxygen atoms in total. The van der Waals surface area contributed by atoms with Gasteiger partial charge in [-0.25, -0.2) is 4.79 Å². The molecule has 0 spiro atoms. The second-order valence-corrected chi connectivity index (χ2v) is 7.01. The summed E-state index contributed by atoms with van der Waals surface area (Å²) < 4.78 is 44.5. The molecule has 2 rings (SSSR count). The fourth-order valence-electron chi connectivity index (χ4n) is 2.33. The number of nitrogens with zero attached hydrogens (tertiary/aromatic N) is 2. The number of rotatable bonds is 4. The van der Waals surface area contributed by atoms with Crippen molar-refractivity contribution in [3.63, 3.8) is 0 Å². The molecule has 2 aromatic rings. The van der Waals surface area contributed by atoms with Crippen LogP contribution in [-0.4, -0.2) is 28.1 Å². The molecule has 0 aliphatic heterocycles. The number of halogens is 3. The first-order chi connectivity index (χ1) is 12.9. The van der Waals surface area contributed by atoms with Crippen LogP contribution < -0.4 is 5.56 Å². The summed E-state index contributed by atoms with van der Waals surface area (Å²) in [5.74, 6) is -1.47. The molecule has 0 amide bonds. The number of ketones is 1. The van der Waals surface area contributed by atoms with Gasteiger partial charge in [0, 0.05) is 5.41 Å². The molecule has 0 saturated heterocycles. The Hall–Kier alpha value is -2.97. The normalized spacial score (nSPS) is 12.0. The first kappa shape index (κ1) is 21.3. The molecular formula is C19H19F3N2O4. The molecule has 0 fully saturated rings. The molecule has 0 bridgehead atoms. The lowest BCUT2D eigenvalue weighted by Gasteiger charge is -2.17. The van der Waals surface area contributed by atoms with Crippen molar-refractivity contribution in [1.82, 2.24) is 9.78 Å². The number of carbonyl (C=O) groups is 2. The number of esters is 1. The summed E-state index contributed by atoms with van der Waals surface area (Å²) in [5.41, 5.74) is -3.81. The van der Waals surface area contributed by atoms with Crippen molar-refractivity contribution in [2.45, 2.75) is 33.9 Å². The topological polar surface area (TPSA) is 78.3 Å². The standard InChI is InChI=1S/C19H19F3N2O4/c1-5-28-17(27)13-10-14(15(25)18(2,3)4)23-24(16(13)26)12-8-6-7-11(9-12)19(20,21)22/h6-10H,5H2,1-4H3. The zero-order chi connectivity index (χ0) is 21.3. The SMILES string of the molecule is CCOC(=O)c1cc(C(=O)C(C)(C)C)nn(-c2cccc(C(F)(F)F)c2)c1=O. The van der Waals surface area contributed by atoms with E-state index in [2.05, 4.69) is 5.10 Å². The van der Waals surface area contributed by atoms with E-state index in [1.807, 2.05) is 0 Å². The molecule has 1 heterocycles. The highest BCUT2D eigenvalue weighted by Crippen LogP contribution is 2.30. The van der Waals surface area contributed by atoms with E-state index < -0.39 is 40.0 Å². The van der Waals surface area contributed by atoms with Crippen LogP contribution in [-0.2, 0) is 10.9 Å². The second-order valence-electron chi connectivity index (χ2n) is 7.01. The number of Topliss-reactive ketones (excluding diaryl/α,β-unsaturated/α-hetero) is 1. The zero-order valence-corrected chi connectivity index (χ0v) is 15.8. The van der Waals surface area contributed by atoms with Gasteiger partial charge in [0.25, 0.3) is 5.56 Å². The zero-order valence-electron chi connectivity index (χ0n) is 15.8. The Bertz CT molecular complexity index is 972. The van der Waals surface area contributed by atoms with E-state index >= 15 is 0 Å². The highest BCUT2D eigenvalue weighted by atomic mass is 19.4. The first-order valence-corrected chi connectivity index (χ1v) is 8.40. The Morgan fingerprint density at radius 2 is 1.79 bits per heavy atom. The van der Waals surface area contributed by atoms with Crippen LogP contribution >= 0.6 is 0 Å². The van der Waals surface area contributed by atoms with Crippen LogP contribution in [0.15, 0.2) is 35.1 Å². The number of hydrogen-bond acceptors (Lipinski definition) is 5. The molecule has 0 aliphatic rings. The van der Waals surface area contributed by atoms with Gasteiger partial charge in [-0.05, 0) is 31.2 Å². The minimum absolute atomic E-state index is 0.0211. The van der Waals surface area contributed by atoms with Gasteiger partial charge >= 0.3 is 12.1 Å². The van der Waals surface area contributed by atoms with Gasteiger partial charge in [-0.1, -0.05) is 26.8 Å². The quantitative estimate of drug-likeness (QED) is 0.582. The fraction of sp³-hybridized carbons (Fsp3) is 0.368. The van der Waals surface area contributed by atoms with Crippen molar-refractivity contribution >= 4 is 11.8 Å². The number of carbonyl (C=O) groups excluding carboxylic acids is 2. The Morgan fingerprint density at radius 1 is 1.14 bits per heavy atom. The van der Waals surface area contributed by atoms with Gasteiger partial charge in [0.15, 0.2) is 5.78 Å². The number of benzene rings is 1. The van der Waals surface area contributed by atoms with Crippen LogP contribution in [0, 0.1) is 5.41 Å². The van der Waals surface area contributed by atoms with Gasteiger partial charge in [-0.15, -0.1) is 0 Å². The van der Waals surface area contributed by atoms with E-state index in [4.69, 9.17) is 4.74 Å². The average Bonchev–Trinajstić information content (AvgIpc) is 2.60. The van der Waals surface area contributed by atoms with Gasteiger partial charge in [0.1, 0.15) is 11.3 Å². The van der Waals surface area contributed by atoms with Crippen LogP contribution in [0.1, 0.15) is 54.1 Å². The Labute approximate surface area is 158 Å². The monoisotopic (exact) mass is 396 g/mol. The molecule has 1 aromatic heterocycles. The summed E-state index contributed by atoms with van der Waals surface area (Å²) in [6, 6.07) is 4.90. The second kappa shape index (κ2) is 7.57. The highest BCUT2D eigenvalue weighted by Gasteiger charge is 2.31. The Kier molecular flexibility index (Phi) is 5.77. The van der Waals surface area contributed by atoms with E-state index in [1.165, 1.54) is 13.0 Å². The predicted octanol–water partition coefficient (Wildman–Crippen LogP) is 3.66. The summed E-state index contributed by atoms with van der Waals surface area (Å²) in [6.07, 6.45) is -4.64. The number of ether oxygens (including phenoxy) is 1. The average molecular weight is 396 g/mol. The summed E-state index contributed by atoms with van der Waals surface area (Å²) in [4.78, 5) is 37.4. The number of alkyl halides is 3. The van der Waals surface area contributed by atoms with Gasteiger partial charge in [0.2, 0.25) is 0 Å². The summed E-state index contributed by atoms with van der Waals surface area (Å²) in [5, 5.41) is 3.91. The number of hydrogen-bond donors (Lipinski definition) is 0. The van der Waals surface area contributed by atoms with Gasteiger partial charge < -0.3 is 4.74 Å². The predicted molar refractivity (Wildman–Crippen MR) is 94.6 cm³/mol. The summed E-state index contributed by atoms with van der Waals surface area (Å²) in [6.45, 7) is 6.35. The molecule has 150 valence electrons. The van der Waals surface area contributed by atoms with Gasteiger partial charge in [-0.2, -0.15) is 23.0 Å². The lowest BCUT2D eigenvalue weighted by molar-refractivity contribution is -0.137. The van der Waals surface area contributed by atoms with Crippen molar-refractivity contribution < 1.29 is 27.5 Å². The first-order valence-electron chi connectivity index (χ1n) is 8.40. The van der Waals surface area contributed by atoms with Crippen LogP contribution in [0.3, 0.4) is 0 Å². The molecule has 1 aromatic carbocycles. The van der Waals surface area contributed by atoms with Crippen LogP contribution in [0.2, 0.25) is 0 Å². The van der Waals surface area contributed by atoms with E-state index in [-0.39, 0.29) is 18.0 Å². The fourth-order valence-corrected chi connectivity index (χ4v) is 2.33. The molecule has 0 atom stereocenters. The smallest absolute Gasteiger partial charge is 0.416 e. The number of aromatic nitrogens is 2. The molecule has 0 aliphatic carbocycles. The largest absolute Gasteiger partial charge is 0.462 e. The van der Waals surface area contributed by atoms with Crippen LogP contribution in [0.4, 0.5) is 13.2 Å². The third kappa shape index (κ3) is 4.47. The summed E-state index contributed by atoms with van der Waals surface area (Å²) >= 11 is 0. The Morgan fingerprint density at radius 3 is 2.32 bits per heavy atom. The summed E-state index contributed by atoms with van der Waals surface area (Å²) in [7, 11) is 0. The van der Waals surface area contributed by atoms with E-state index in [0.717, 1.165) is 18.2 Å². The van der Waals surface area contributed by atoms with Crippen molar-refractivity contribution in [1.29, 1.82) is 0 Å². The third-order valence-electron chi connectivity index (χ3n) is 3.74. The van der Waals surface area contributed by atoms with Crippen molar-refractivity contribution in [3.05, 3.63) is 57.5 Å². The lowest BCUT2D eigenvalue weighted by Crippen LogP contribution is -2.32. The maximum atomic E-state index is 13.0. The van der Waals surface area contributed by atoms with E-state index in [1.54, 1.807) is 20.8 Å². The van der Waals surface area contributed by atoms with E-state index in [0.29, 0.717) is 10.7 Å². The maximum Gasteiger partial charge on any atom is 0.416 e. The molecule has 9 heteroatoms. The third-order valence-corrected chi connectivity index (χ3v) is 3.74. The minimum Gasteiger partial charge on any atom is -0.462 e. The van der Waals surface area contributed by atoms with Gasteiger partial charge in [0.05, 0.1) is 17.9 Å². The van der Waals surface area contributed by atoms with Crippen molar-refractivity contribution in [2.75, 3.05) is 6.61 Å². The lowest BCUT2D eigenvalue weighted by atomic mass is 9.88. The molecule has 0 radical (unpaired) electrons. The molecule has 0 saturated carbocycles. The Balaban J connectivity index is 2.76. The van der Waals surface area contributed by atoms with Crippen LogP contribution in [0.5, 0.6) is 0 Å². The maximum absolute atomic E-state index is 13.0. The highest BCUT2D eigenvalue weighted by molar-refractivity contribution is 6.00. The molecule has 0 N–H and O–H groups in total.